The second kappa shape index (κ2) is 6.68. The van der Waals surface area contributed by atoms with Gasteiger partial charge in [0.1, 0.15) is 0 Å². The number of nitrogens with one attached hydrogen (secondary N) is 1. The van der Waals surface area contributed by atoms with Gasteiger partial charge in [0.15, 0.2) is 0 Å². The van der Waals surface area contributed by atoms with Crippen molar-refractivity contribution in [3.05, 3.63) is 27.7 Å². The maximum absolute atomic E-state index is 12.4. The third-order valence-electron chi connectivity index (χ3n) is 3.36. The van der Waals surface area contributed by atoms with Crippen LogP contribution in [0.4, 0.5) is 0 Å². The number of carboxylic acids is 1. The van der Waals surface area contributed by atoms with Crippen LogP contribution in [0.5, 0.6) is 0 Å². The van der Waals surface area contributed by atoms with Gasteiger partial charge >= 0.3 is 5.97 Å². The molecule has 21 heavy (non-hydrogen) atoms. The summed E-state index contributed by atoms with van der Waals surface area (Å²) in [4.78, 5) is 11.1. The van der Waals surface area contributed by atoms with Gasteiger partial charge in [-0.1, -0.05) is 15.9 Å². The monoisotopic (exact) mass is 393 g/mol. The van der Waals surface area contributed by atoms with Crippen molar-refractivity contribution < 1.29 is 18.3 Å². The van der Waals surface area contributed by atoms with Crippen LogP contribution in [-0.4, -0.2) is 37.0 Å². The minimum atomic E-state index is -3.71. The van der Waals surface area contributed by atoms with Crippen LogP contribution in [0.1, 0.15) is 28.8 Å². The van der Waals surface area contributed by atoms with Gasteiger partial charge in [0.2, 0.25) is 10.0 Å². The Morgan fingerprint density at radius 2 is 2.24 bits per heavy atom. The first kappa shape index (κ1) is 16.8. The summed E-state index contributed by atoms with van der Waals surface area (Å²) in [6.07, 6.45) is 2.11. The topological polar surface area (TPSA) is 83.5 Å². The van der Waals surface area contributed by atoms with Crippen LogP contribution in [0.25, 0.3) is 0 Å². The highest BCUT2D eigenvalue weighted by Gasteiger charge is 2.23. The maximum Gasteiger partial charge on any atom is 0.335 e. The first-order valence-corrected chi connectivity index (χ1v) is 9.78. The minimum Gasteiger partial charge on any atom is -0.478 e. The molecule has 1 atom stereocenters. The molecule has 1 aromatic rings. The van der Waals surface area contributed by atoms with Crippen molar-refractivity contribution in [3.63, 3.8) is 0 Å². The predicted octanol–water partition coefficient (Wildman–Crippen LogP) is 2.63. The van der Waals surface area contributed by atoms with Gasteiger partial charge in [-0.3, -0.25) is 0 Å². The lowest BCUT2D eigenvalue weighted by Gasteiger charge is -2.14. The van der Waals surface area contributed by atoms with Crippen LogP contribution in [0, 0.1) is 6.92 Å². The normalized spacial score (nSPS) is 18.9. The molecule has 1 aliphatic heterocycles. The summed E-state index contributed by atoms with van der Waals surface area (Å²) in [6.45, 7) is 2.02. The summed E-state index contributed by atoms with van der Waals surface area (Å²) >= 11 is 4.98. The predicted molar refractivity (Wildman–Crippen MR) is 86.5 cm³/mol. The molecule has 1 aliphatic rings. The molecule has 1 fully saturated rings. The smallest absolute Gasteiger partial charge is 0.335 e. The lowest BCUT2D eigenvalue weighted by molar-refractivity contribution is 0.0696. The highest BCUT2D eigenvalue weighted by Crippen LogP contribution is 2.28. The summed E-state index contributed by atoms with van der Waals surface area (Å²) in [5.41, 5.74) is 0.453. The van der Waals surface area contributed by atoms with Crippen molar-refractivity contribution in [2.75, 3.05) is 12.3 Å². The van der Waals surface area contributed by atoms with Crippen molar-refractivity contribution in [1.82, 2.24) is 4.72 Å². The van der Waals surface area contributed by atoms with Gasteiger partial charge in [0.25, 0.3) is 0 Å². The molecule has 1 unspecified atom stereocenters. The van der Waals surface area contributed by atoms with Crippen molar-refractivity contribution in [2.45, 2.75) is 29.9 Å². The molecule has 2 rings (SSSR count). The number of carboxylic acid groups (broad SMARTS) is 1. The molecular weight excluding hydrogens is 378 g/mol. The number of halogens is 1. The van der Waals surface area contributed by atoms with Crippen molar-refractivity contribution in [2.24, 2.45) is 0 Å². The van der Waals surface area contributed by atoms with E-state index in [1.54, 1.807) is 18.7 Å². The number of sulfonamides is 1. The molecule has 8 heteroatoms. The molecule has 0 aliphatic carbocycles. The molecule has 1 saturated heterocycles. The van der Waals surface area contributed by atoms with E-state index < -0.39 is 16.0 Å². The van der Waals surface area contributed by atoms with Gasteiger partial charge in [0, 0.05) is 16.3 Å². The van der Waals surface area contributed by atoms with Crippen LogP contribution >= 0.6 is 27.7 Å². The van der Waals surface area contributed by atoms with E-state index in [1.165, 1.54) is 12.1 Å². The van der Waals surface area contributed by atoms with Crippen molar-refractivity contribution >= 4 is 43.7 Å². The number of rotatable bonds is 5. The molecule has 116 valence electrons. The number of benzene rings is 1. The molecule has 0 aromatic heterocycles. The average molecular weight is 394 g/mol. The van der Waals surface area contributed by atoms with Crippen molar-refractivity contribution in [1.29, 1.82) is 0 Å². The second-order valence-corrected chi connectivity index (χ2v) is 8.87. The summed E-state index contributed by atoms with van der Waals surface area (Å²) in [5, 5.41) is 9.35. The zero-order valence-electron chi connectivity index (χ0n) is 11.4. The van der Waals surface area contributed by atoms with Crippen molar-refractivity contribution in [3.8, 4) is 0 Å². The summed E-state index contributed by atoms with van der Waals surface area (Å²) in [5.74, 6) is -0.0932. The zero-order valence-corrected chi connectivity index (χ0v) is 14.6. The van der Waals surface area contributed by atoms with Gasteiger partial charge < -0.3 is 5.11 Å². The first-order chi connectivity index (χ1) is 9.81. The molecule has 0 amide bonds. The van der Waals surface area contributed by atoms with Gasteiger partial charge in [-0.15, -0.1) is 0 Å². The van der Waals surface area contributed by atoms with Crippen LogP contribution in [0.2, 0.25) is 0 Å². The van der Waals surface area contributed by atoms with Gasteiger partial charge in [0.05, 0.1) is 10.5 Å². The fourth-order valence-corrected chi connectivity index (χ4v) is 5.41. The Kier molecular flexibility index (Phi) is 5.34. The third-order valence-corrected chi connectivity index (χ3v) is 7.13. The molecule has 1 heterocycles. The highest BCUT2D eigenvalue weighted by atomic mass is 79.9. The quantitative estimate of drug-likeness (QED) is 0.802. The molecular formula is C13H16BrNO4S2. The van der Waals surface area contributed by atoms with Gasteiger partial charge in [-0.25, -0.2) is 17.9 Å². The van der Waals surface area contributed by atoms with Crippen LogP contribution < -0.4 is 4.72 Å². The summed E-state index contributed by atoms with van der Waals surface area (Å²) in [7, 11) is -3.71. The Morgan fingerprint density at radius 3 is 2.81 bits per heavy atom. The van der Waals surface area contributed by atoms with E-state index >= 15 is 0 Å². The number of hydrogen-bond donors (Lipinski definition) is 2. The third kappa shape index (κ3) is 4.00. The number of thioether (sulfide) groups is 1. The SMILES string of the molecule is Cc1c(Br)cc(C(=O)O)cc1S(=O)(=O)NCC1CCCS1. The Morgan fingerprint density at radius 1 is 1.52 bits per heavy atom. The average Bonchev–Trinajstić information content (AvgIpc) is 2.92. The van der Waals surface area contributed by atoms with Crippen LogP contribution in [-0.2, 0) is 10.0 Å². The van der Waals surface area contributed by atoms with E-state index in [2.05, 4.69) is 20.7 Å². The van der Waals surface area contributed by atoms with E-state index in [9.17, 15) is 13.2 Å². The van der Waals surface area contributed by atoms with E-state index in [0.29, 0.717) is 21.8 Å². The minimum absolute atomic E-state index is 0.0114. The van der Waals surface area contributed by atoms with Crippen LogP contribution in [0.3, 0.4) is 0 Å². The molecule has 0 saturated carbocycles. The fraction of sp³-hybridized carbons (Fsp3) is 0.462. The van der Waals surface area contributed by atoms with Gasteiger partial charge in [-0.2, -0.15) is 11.8 Å². The highest BCUT2D eigenvalue weighted by molar-refractivity contribution is 9.10. The van der Waals surface area contributed by atoms with E-state index in [-0.39, 0.29) is 10.5 Å². The molecule has 2 N–H and O–H groups in total. The molecule has 5 nitrogen and oxygen atoms in total. The molecule has 0 radical (unpaired) electrons. The molecule has 0 spiro atoms. The first-order valence-electron chi connectivity index (χ1n) is 6.46. The number of carbonyl (C=O) groups is 1. The van der Waals surface area contributed by atoms with E-state index in [0.717, 1.165) is 18.6 Å². The van der Waals surface area contributed by atoms with E-state index in [4.69, 9.17) is 5.11 Å². The molecule has 1 aromatic carbocycles. The second-order valence-electron chi connectivity index (χ2n) is 4.87. The molecule has 0 bridgehead atoms. The number of hydrogen-bond acceptors (Lipinski definition) is 4. The maximum atomic E-state index is 12.4. The van der Waals surface area contributed by atoms with Crippen LogP contribution in [0.15, 0.2) is 21.5 Å². The van der Waals surface area contributed by atoms with E-state index in [1.807, 2.05) is 0 Å². The Hall–Kier alpha value is -0.570. The summed E-state index contributed by atoms with van der Waals surface area (Å²) < 4.78 is 27.9. The largest absolute Gasteiger partial charge is 0.478 e. The lowest BCUT2D eigenvalue weighted by Crippen LogP contribution is -2.30. The zero-order chi connectivity index (χ0) is 15.6. The standard InChI is InChI=1S/C13H16BrNO4S2/c1-8-11(14)5-9(13(16)17)6-12(8)21(18,19)15-7-10-3-2-4-20-10/h5-6,10,15H,2-4,7H2,1H3,(H,16,17). The number of aromatic carboxylic acids is 1. The Labute approximate surface area is 136 Å². The lowest BCUT2D eigenvalue weighted by atomic mass is 10.1. The van der Waals surface area contributed by atoms with Gasteiger partial charge in [-0.05, 0) is 43.2 Å². The Balaban J connectivity index is 2.27. The summed E-state index contributed by atoms with van der Waals surface area (Å²) in [6, 6.07) is 2.61. The fourth-order valence-electron chi connectivity index (χ4n) is 2.14. The Bertz CT molecular complexity index is 654.